The fourth-order valence-electron chi connectivity index (χ4n) is 2.91. The molecule has 0 spiro atoms. The minimum absolute atomic E-state index is 0.0871. The van der Waals surface area contributed by atoms with Gasteiger partial charge in [0, 0.05) is 23.6 Å². The fourth-order valence-corrected chi connectivity index (χ4v) is 4.26. The van der Waals surface area contributed by atoms with Crippen molar-refractivity contribution in [3.63, 3.8) is 0 Å². The number of nitrogens with one attached hydrogen (secondary N) is 4. The Morgan fingerprint density at radius 1 is 1.23 bits per heavy atom. The highest BCUT2D eigenvalue weighted by Gasteiger charge is 2.22. The molecule has 0 fully saturated rings. The summed E-state index contributed by atoms with van der Waals surface area (Å²) in [5.74, 6) is -0.382. The van der Waals surface area contributed by atoms with Crippen molar-refractivity contribution in [2.24, 2.45) is 0 Å². The number of aryl methyl sites for hydroxylation is 2. The topological polar surface area (TPSA) is 120 Å². The smallest absolute Gasteiger partial charge is 0.244 e. The second-order valence-electron chi connectivity index (χ2n) is 6.05. The van der Waals surface area contributed by atoms with E-state index in [1.54, 1.807) is 13.8 Å². The number of aromatic amines is 2. The largest absolute Gasteiger partial charge is 0.361 e. The molecule has 0 atom stereocenters. The molecule has 138 valence electrons. The van der Waals surface area contributed by atoms with Crippen molar-refractivity contribution in [1.29, 1.82) is 0 Å². The van der Waals surface area contributed by atoms with Gasteiger partial charge in [-0.25, -0.2) is 13.1 Å². The standard InChI is InChI=1S/C17H21N5O3S/c1-11-17(12(2)22-21-11)26(24,25)20-10-16(23)18-8-7-13-9-19-15-6-4-3-5-14(13)15/h3-6,9,19-20H,7-8,10H2,1-2H3,(H,18,23)(H,21,22). The van der Waals surface area contributed by atoms with Gasteiger partial charge in [0.05, 0.1) is 17.9 Å². The summed E-state index contributed by atoms with van der Waals surface area (Å²) in [4.78, 5) is 15.2. The number of sulfonamides is 1. The number of aromatic nitrogens is 3. The van der Waals surface area contributed by atoms with E-state index in [2.05, 4.69) is 25.2 Å². The van der Waals surface area contributed by atoms with Gasteiger partial charge in [0.25, 0.3) is 0 Å². The fraction of sp³-hybridized carbons (Fsp3) is 0.294. The molecule has 4 N–H and O–H groups in total. The molecule has 3 rings (SSSR count). The van der Waals surface area contributed by atoms with Gasteiger partial charge < -0.3 is 10.3 Å². The van der Waals surface area contributed by atoms with E-state index in [-0.39, 0.29) is 17.3 Å². The van der Waals surface area contributed by atoms with E-state index in [0.29, 0.717) is 24.4 Å². The molecule has 0 unspecified atom stereocenters. The first-order valence-corrected chi connectivity index (χ1v) is 9.69. The first-order valence-electron chi connectivity index (χ1n) is 8.21. The first-order chi connectivity index (χ1) is 12.4. The summed E-state index contributed by atoms with van der Waals surface area (Å²) in [5.41, 5.74) is 2.96. The van der Waals surface area contributed by atoms with Crippen LogP contribution in [0.4, 0.5) is 0 Å². The Hall–Kier alpha value is -2.65. The quantitative estimate of drug-likeness (QED) is 0.495. The number of rotatable bonds is 7. The third-order valence-corrected chi connectivity index (χ3v) is 5.81. The number of hydrogen-bond acceptors (Lipinski definition) is 4. The molecule has 3 aromatic rings. The summed E-state index contributed by atoms with van der Waals surface area (Å²) in [6.45, 7) is 3.32. The lowest BCUT2D eigenvalue weighted by Crippen LogP contribution is -2.37. The van der Waals surface area contributed by atoms with Crippen molar-refractivity contribution in [3.05, 3.63) is 47.4 Å². The lowest BCUT2D eigenvalue weighted by atomic mass is 10.1. The summed E-state index contributed by atoms with van der Waals surface area (Å²) in [5, 5.41) is 10.3. The van der Waals surface area contributed by atoms with E-state index in [1.165, 1.54) is 0 Å². The summed E-state index contributed by atoms with van der Waals surface area (Å²) in [7, 11) is -3.78. The maximum atomic E-state index is 12.3. The molecule has 0 saturated carbocycles. The monoisotopic (exact) mass is 375 g/mol. The lowest BCUT2D eigenvalue weighted by Gasteiger charge is -2.08. The molecular weight excluding hydrogens is 354 g/mol. The zero-order valence-electron chi connectivity index (χ0n) is 14.6. The molecule has 0 saturated heterocycles. The van der Waals surface area contributed by atoms with E-state index in [4.69, 9.17) is 0 Å². The Morgan fingerprint density at radius 3 is 2.73 bits per heavy atom. The van der Waals surface area contributed by atoms with Crippen molar-refractivity contribution < 1.29 is 13.2 Å². The molecule has 2 aromatic heterocycles. The molecule has 0 aliphatic carbocycles. The Kier molecular flexibility index (Phi) is 5.10. The molecule has 0 aliphatic rings. The van der Waals surface area contributed by atoms with Crippen LogP contribution in [0.5, 0.6) is 0 Å². The van der Waals surface area contributed by atoms with E-state index in [0.717, 1.165) is 16.5 Å². The number of hydrogen-bond donors (Lipinski definition) is 4. The maximum Gasteiger partial charge on any atom is 0.244 e. The molecule has 2 heterocycles. The second-order valence-corrected chi connectivity index (χ2v) is 7.75. The summed E-state index contributed by atoms with van der Waals surface area (Å²) in [6.07, 6.45) is 2.58. The predicted octanol–water partition coefficient (Wildman–Crippen LogP) is 1.15. The van der Waals surface area contributed by atoms with Gasteiger partial charge in [0.2, 0.25) is 15.9 Å². The number of carbonyl (C=O) groups is 1. The molecule has 1 amide bonds. The highest BCUT2D eigenvalue weighted by molar-refractivity contribution is 7.89. The van der Waals surface area contributed by atoms with Crippen molar-refractivity contribution in [2.75, 3.05) is 13.1 Å². The van der Waals surface area contributed by atoms with Crippen molar-refractivity contribution in [2.45, 2.75) is 25.2 Å². The number of carbonyl (C=O) groups excluding carboxylic acids is 1. The average molecular weight is 375 g/mol. The molecule has 8 nitrogen and oxygen atoms in total. The van der Waals surface area contributed by atoms with Gasteiger partial charge in [0.15, 0.2) is 0 Å². The third kappa shape index (κ3) is 3.78. The van der Waals surface area contributed by atoms with Crippen LogP contribution in [0.2, 0.25) is 0 Å². The SMILES string of the molecule is Cc1n[nH]c(C)c1S(=O)(=O)NCC(=O)NCCc1c[nH]c2ccccc12. The first kappa shape index (κ1) is 18.2. The maximum absolute atomic E-state index is 12.3. The van der Waals surface area contributed by atoms with Gasteiger partial charge in [-0.15, -0.1) is 0 Å². The van der Waals surface area contributed by atoms with Gasteiger partial charge >= 0.3 is 0 Å². The van der Waals surface area contributed by atoms with E-state index >= 15 is 0 Å². The summed E-state index contributed by atoms with van der Waals surface area (Å²) in [6, 6.07) is 7.94. The van der Waals surface area contributed by atoms with Crippen LogP contribution in [-0.4, -0.2) is 42.6 Å². The van der Waals surface area contributed by atoms with Crippen LogP contribution in [0.15, 0.2) is 35.4 Å². The van der Waals surface area contributed by atoms with Crippen molar-refractivity contribution in [1.82, 2.24) is 25.2 Å². The van der Waals surface area contributed by atoms with Crippen LogP contribution in [0, 0.1) is 13.8 Å². The number of H-pyrrole nitrogens is 2. The molecule has 0 aliphatic heterocycles. The van der Waals surface area contributed by atoms with E-state index < -0.39 is 10.0 Å². The Bertz CT molecular complexity index is 1020. The predicted molar refractivity (Wildman–Crippen MR) is 98.3 cm³/mol. The Morgan fingerprint density at radius 2 is 2.00 bits per heavy atom. The Balaban J connectivity index is 1.52. The molecule has 1 aromatic carbocycles. The van der Waals surface area contributed by atoms with E-state index in [9.17, 15) is 13.2 Å². The van der Waals surface area contributed by atoms with Crippen LogP contribution in [0.25, 0.3) is 10.9 Å². The van der Waals surface area contributed by atoms with Gasteiger partial charge in [-0.2, -0.15) is 5.10 Å². The summed E-state index contributed by atoms with van der Waals surface area (Å²) < 4.78 is 26.9. The van der Waals surface area contributed by atoms with Gasteiger partial charge in [-0.1, -0.05) is 18.2 Å². The minimum Gasteiger partial charge on any atom is -0.361 e. The van der Waals surface area contributed by atoms with Crippen LogP contribution in [-0.2, 0) is 21.2 Å². The lowest BCUT2D eigenvalue weighted by molar-refractivity contribution is -0.119. The Labute approximate surface area is 151 Å². The molecular formula is C17H21N5O3S. The average Bonchev–Trinajstić information content (AvgIpc) is 3.17. The molecule has 0 bridgehead atoms. The number of fused-ring (bicyclic) bond motifs is 1. The highest BCUT2D eigenvalue weighted by atomic mass is 32.2. The normalized spacial score (nSPS) is 11.8. The summed E-state index contributed by atoms with van der Waals surface area (Å²) >= 11 is 0. The van der Waals surface area contributed by atoms with Crippen LogP contribution in [0.1, 0.15) is 17.0 Å². The number of amides is 1. The number of para-hydroxylation sites is 1. The van der Waals surface area contributed by atoms with Gasteiger partial charge in [-0.05, 0) is 31.9 Å². The highest BCUT2D eigenvalue weighted by Crippen LogP contribution is 2.18. The van der Waals surface area contributed by atoms with Crippen molar-refractivity contribution >= 4 is 26.8 Å². The zero-order chi connectivity index (χ0) is 18.7. The minimum atomic E-state index is -3.78. The second kappa shape index (κ2) is 7.30. The van der Waals surface area contributed by atoms with E-state index in [1.807, 2.05) is 30.5 Å². The van der Waals surface area contributed by atoms with Crippen LogP contribution >= 0.6 is 0 Å². The molecule has 9 heteroatoms. The molecule has 26 heavy (non-hydrogen) atoms. The van der Waals surface area contributed by atoms with Gasteiger partial charge in [-0.3, -0.25) is 9.89 Å². The molecule has 0 radical (unpaired) electrons. The van der Waals surface area contributed by atoms with Crippen molar-refractivity contribution in [3.8, 4) is 0 Å². The van der Waals surface area contributed by atoms with Crippen LogP contribution < -0.4 is 10.0 Å². The zero-order valence-corrected chi connectivity index (χ0v) is 15.4. The van der Waals surface area contributed by atoms with Gasteiger partial charge in [0.1, 0.15) is 4.90 Å². The number of benzene rings is 1. The number of nitrogens with zero attached hydrogens (tertiary/aromatic N) is 1. The third-order valence-electron chi connectivity index (χ3n) is 4.14. The van der Waals surface area contributed by atoms with Crippen LogP contribution in [0.3, 0.4) is 0 Å².